The molecule has 0 radical (unpaired) electrons. The predicted octanol–water partition coefficient (Wildman–Crippen LogP) is 5.14. The van der Waals surface area contributed by atoms with E-state index in [0.29, 0.717) is 27.8 Å². The van der Waals surface area contributed by atoms with Crippen molar-refractivity contribution in [3.63, 3.8) is 0 Å². The van der Waals surface area contributed by atoms with E-state index >= 15 is 0 Å². The minimum atomic E-state index is -0.879. The monoisotopic (exact) mass is 493 g/mol. The average molecular weight is 494 g/mol. The maximum absolute atomic E-state index is 12.5. The van der Waals surface area contributed by atoms with Crippen LogP contribution in [-0.4, -0.2) is 25.1 Å². The van der Waals surface area contributed by atoms with Crippen LogP contribution in [0.15, 0.2) is 65.8 Å². The van der Waals surface area contributed by atoms with Crippen LogP contribution in [0.25, 0.3) is 0 Å². The van der Waals surface area contributed by atoms with Crippen LogP contribution in [0.5, 0.6) is 11.5 Å². The number of hydrazone groups is 1. The van der Waals surface area contributed by atoms with Gasteiger partial charge in [0.1, 0.15) is 6.61 Å². The summed E-state index contributed by atoms with van der Waals surface area (Å²) in [7, 11) is 1.53. The second-order valence-electron chi connectivity index (χ2n) is 7.57. The molecule has 0 aromatic heterocycles. The topological polar surface area (TPSA) is 89.0 Å². The third kappa shape index (κ3) is 6.61. The first-order valence-electron chi connectivity index (χ1n) is 11.3. The van der Waals surface area contributed by atoms with Crippen molar-refractivity contribution in [1.82, 2.24) is 5.43 Å². The van der Waals surface area contributed by atoms with E-state index in [2.05, 4.69) is 15.8 Å². The lowest BCUT2D eigenvalue weighted by molar-refractivity contribution is -0.136. The Morgan fingerprint density at radius 3 is 2.23 bits per heavy atom. The number of carbonyl (C=O) groups is 2. The Morgan fingerprint density at radius 1 is 0.914 bits per heavy atom. The number of para-hydroxylation sites is 2. The molecule has 0 saturated carbocycles. The molecule has 0 bridgehead atoms. The van der Waals surface area contributed by atoms with Gasteiger partial charge < -0.3 is 14.8 Å². The number of nitrogens with zero attached hydrogens (tertiary/aromatic N) is 1. The first-order valence-corrected chi connectivity index (χ1v) is 11.6. The van der Waals surface area contributed by atoms with Crippen LogP contribution in [0.2, 0.25) is 5.02 Å². The van der Waals surface area contributed by atoms with Gasteiger partial charge in [0.25, 0.3) is 0 Å². The van der Waals surface area contributed by atoms with Gasteiger partial charge in [-0.2, -0.15) is 5.10 Å². The van der Waals surface area contributed by atoms with E-state index in [1.54, 1.807) is 24.3 Å². The van der Waals surface area contributed by atoms with Gasteiger partial charge in [-0.15, -0.1) is 0 Å². The first kappa shape index (κ1) is 25.8. The third-order valence-corrected chi connectivity index (χ3v) is 5.74. The highest BCUT2D eigenvalue weighted by Crippen LogP contribution is 2.31. The minimum absolute atomic E-state index is 0.215. The summed E-state index contributed by atoms with van der Waals surface area (Å²) in [6.45, 7) is 4.20. The Hall–Kier alpha value is -3.84. The Morgan fingerprint density at radius 2 is 1.57 bits per heavy atom. The number of nitrogens with one attached hydrogen (secondary N) is 2. The molecule has 3 aromatic carbocycles. The maximum atomic E-state index is 12.5. The van der Waals surface area contributed by atoms with Crippen LogP contribution < -0.4 is 20.2 Å². The zero-order chi connectivity index (χ0) is 25.2. The molecule has 35 heavy (non-hydrogen) atoms. The highest BCUT2D eigenvalue weighted by atomic mass is 35.5. The quantitative estimate of drug-likeness (QED) is 0.245. The van der Waals surface area contributed by atoms with Crippen molar-refractivity contribution in [1.29, 1.82) is 0 Å². The SMILES string of the molecule is CCc1cccc(CC)c1NC(=O)C(=O)N/N=C\c1cccc(OC)c1OCc1ccccc1Cl. The summed E-state index contributed by atoms with van der Waals surface area (Å²) < 4.78 is 11.4. The molecule has 3 rings (SSSR count). The van der Waals surface area contributed by atoms with Crippen LogP contribution >= 0.6 is 11.6 Å². The average Bonchev–Trinajstić information content (AvgIpc) is 2.88. The van der Waals surface area contributed by atoms with E-state index in [4.69, 9.17) is 21.1 Å². The molecule has 0 aliphatic heterocycles. The summed E-state index contributed by atoms with van der Waals surface area (Å²) in [5.41, 5.74) is 6.24. The number of benzene rings is 3. The number of ether oxygens (including phenoxy) is 2. The summed E-state index contributed by atoms with van der Waals surface area (Å²) in [6.07, 6.45) is 2.86. The van der Waals surface area contributed by atoms with Gasteiger partial charge in [0.05, 0.1) is 13.3 Å². The van der Waals surface area contributed by atoms with Crippen LogP contribution in [0, 0.1) is 0 Å². The van der Waals surface area contributed by atoms with Gasteiger partial charge in [-0.05, 0) is 42.2 Å². The second kappa shape index (κ2) is 12.6. The van der Waals surface area contributed by atoms with Gasteiger partial charge in [0.2, 0.25) is 0 Å². The van der Waals surface area contributed by atoms with Crippen LogP contribution in [-0.2, 0) is 29.0 Å². The van der Waals surface area contributed by atoms with Crippen molar-refractivity contribution >= 4 is 35.3 Å². The van der Waals surface area contributed by atoms with Crippen molar-refractivity contribution in [2.75, 3.05) is 12.4 Å². The zero-order valence-corrected chi connectivity index (χ0v) is 20.7. The summed E-state index contributed by atoms with van der Waals surface area (Å²) >= 11 is 6.23. The van der Waals surface area contributed by atoms with Crippen LogP contribution in [0.1, 0.15) is 36.1 Å². The van der Waals surface area contributed by atoms with Gasteiger partial charge in [-0.3, -0.25) is 9.59 Å². The number of aryl methyl sites for hydroxylation is 2. The van der Waals surface area contributed by atoms with Crippen LogP contribution in [0.3, 0.4) is 0 Å². The number of rotatable bonds is 9. The fourth-order valence-corrected chi connectivity index (χ4v) is 3.69. The molecule has 2 amide bonds. The summed E-state index contributed by atoms with van der Waals surface area (Å²) in [4.78, 5) is 24.9. The molecule has 0 aliphatic rings. The van der Waals surface area contributed by atoms with Gasteiger partial charge in [0, 0.05) is 21.8 Å². The Balaban J connectivity index is 1.71. The van der Waals surface area contributed by atoms with Crippen molar-refractivity contribution in [3.8, 4) is 11.5 Å². The number of halogens is 1. The van der Waals surface area contributed by atoms with Gasteiger partial charge in [0.15, 0.2) is 11.5 Å². The molecular formula is C27H28ClN3O4. The molecule has 182 valence electrons. The maximum Gasteiger partial charge on any atom is 0.329 e. The zero-order valence-electron chi connectivity index (χ0n) is 19.9. The van der Waals surface area contributed by atoms with Crippen LogP contribution in [0.4, 0.5) is 5.69 Å². The molecule has 0 unspecified atom stereocenters. The number of carbonyl (C=O) groups excluding carboxylic acids is 2. The molecule has 7 nitrogen and oxygen atoms in total. The highest BCUT2D eigenvalue weighted by Gasteiger charge is 2.17. The molecule has 3 aromatic rings. The van der Waals surface area contributed by atoms with E-state index in [1.165, 1.54) is 13.3 Å². The Kier molecular flexibility index (Phi) is 9.26. The van der Waals surface area contributed by atoms with E-state index in [0.717, 1.165) is 29.5 Å². The molecule has 0 saturated heterocycles. The fraction of sp³-hybridized carbons (Fsp3) is 0.222. The predicted molar refractivity (Wildman–Crippen MR) is 138 cm³/mol. The molecule has 2 N–H and O–H groups in total. The van der Waals surface area contributed by atoms with E-state index in [1.807, 2.05) is 50.2 Å². The number of methoxy groups -OCH3 is 1. The second-order valence-corrected chi connectivity index (χ2v) is 7.98. The van der Waals surface area contributed by atoms with E-state index < -0.39 is 11.8 Å². The third-order valence-electron chi connectivity index (χ3n) is 5.37. The standard InChI is InChI=1S/C27H28ClN3O4/c1-4-18-11-8-12-19(5-2)24(18)30-26(32)27(33)31-29-16-20-13-9-15-23(34-3)25(20)35-17-21-10-6-7-14-22(21)28/h6-16H,4-5,17H2,1-3H3,(H,30,32)(H,31,33)/b29-16-. The number of hydrogen-bond donors (Lipinski definition) is 2. The fourth-order valence-electron chi connectivity index (χ4n) is 3.50. The van der Waals surface area contributed by atoms with Crippen molar-refractivity contribution in [2.24, 2.45) is 5.10 Å². The summed E-state index contributed by atoms with van der Waals surface area (Å²) in [6, 6.07) is 18.4. The van der Waals surface area contributed by atoms with Gasteiger partial charge in [-0.25, -0.2) is 5.43 Å². The lowest BCUT2D eigenvalue weighted by atomic mass is 10.0. The molecule has 0 atom stereocenters. The van der Waals surface area contributed by atoms with Crippen molar-refractivity contribution in [3.05, 3.63) is 87.9 Å². The van der Waals surface area contributed by atoms with Crippen molar-refractivity contribution < 1.29 is 19.1 Å². The van der Waals surface area contributed by atoms with E-state index in [-0.39, 0.29) is 6.61 Å². The van der Waals surface area contributed by atoms with Crippen molar-refractivity contribution in [2.45, 2.75) is 33.3 Å². The Labute approximate surface area is 210 Å². The summed E-state index contributed by atoms with van der Waals surface area (Å²) in [5, 5.41) is 7.26. The number of anilines is 1. The molecule has 0 heterocycles. The summed E-state index contributed by atoms with van der Waals surface area (Å²) in [5.74, 6) is -0.746. The Bertz CT molecular complexity index is 1200. The van der Waals surface area contributed by atoms with Gasteiger partial charge >= 0.3 is 11.8 Å². The van der Waals surface area contributed by atoms with E-state index in [9.17, 15) is 9.59 Å². The number of hydrogen-bond acceptors (Lipinski definition) is 5. The molecule has 0 spiro atoms. The number of amides is 2. The largest absolute Gasteiger partial charge is 0.493 e. The molecule has 8 heteroatoms. The lowest BCUT2D eigenvalue weighted by Gasteiger charge is -2.14. The molecular weight excluding hydrogens is 466 g/mol. The minimum Gasteiger partial charge on any atom is -0.493 e. The first-order chi connectivity index (χ1) is 17.0. The molecule has 0 fully saturated rings. The normalized spacial score (nSPS) is 10.7. The van der Waals surface area contributed by atoms with Gasteiger partial charge in [-0.1, -0.05) is 67.9 Å². The highest BCUT2D eigenvalue weighted by molar-refractivity contribution is 6.39. The smallest absolute Gasteiger partial charge is 0.329 e. The molecule has 0 aliphatic carbocycles. The lowest BCUT2D eigenvalue weighted by Crippen LogP contribution is -2.33.